The van der Waals surface area contributed by atoms with E-state index in [2.05, 4.69) is 32.8 Å². The standard InChI is InChI=1S/C8H9ClN4O2S/c9-7-4-5(6(15)3(14)1-16)12-13-8(4)11-2-10-7/h2-3,6,14-16H,1H2,(H,10,11,12,13). The second-order valence-electron chi connectivity index (χ2n) is 3.20. The lowest BCUT2D eigenvalue weighted by Gasteiger charge is -2.14. The summed E-state index contributed by atoms with van der Waals surface area (Å²) >= 11 is 9.77. The van der Waals surface area contributed by atoms with Crippen molar-refractivity contribution in [2.24, 2.45) is 0 Å². The maximum absolute atomic E-state index is 9.82. The molecule has 0 saturated carbocycles. The highest BCUT2D eigenvalue weighted by atomic mass is 35.5. The van der Waals surface area contributed by atoms with Gasteiger partial charge in [-0.3, -0.25) is 5.10 Å². The average Bonchev–Trinajstić information content (AvgIpc) is 2.72. The lowest BCUT2D eigenvalue weighted by atomic mass is 10.1. The SMILES string of the molecule is OC(CS)C(O)c1[nH]nc2ncnc(Cl)c12. The van der Waals surface area contributed by atoms with Crippen molar-refractivity contribution in [2.45, 2.75) is 12.2 Å². The minimum atomic E-state index is -1.15. The van der Waals surface area contributed by atoms with Gasteiger partial charge in [0.1, 0.15) is 17.6 Å². The molecule has 0 radical (unpaired) electrons. The van der Waals surface area contributed by atoms with Crippen molar-refractivity contribution in [3.8, 4) is 0 Å². The number of nitrogens with one attached hydrogen (secondary N) is 1. The first-order valence-electron chi connectivity index (χ1n) is 4.46. The van der Waals surface area contributed by atoms with Crippen LogP contribution in [0.25, 0.3) is 11.0 Å². The van der Waals surface area contributed by atoms with Crippen LogP contribution in [0.4, 0.5) is 0 Å². The second kappa shape index (κ2) is 4.54. The van der Waals surface area contributed by atoms with Crippen LogP contribution >= 0.6 is 24.2 Å². The largest absolute Gasteiger partial charge is 0.389 e. The molecule has 0 amide bonds. The van der Waals surface area contributed by atoms with Gasteiger partial charge in [0.2, 0.25) is 0 Å². The molecule has 2 aromatic rings. The Labute approximate surface area is 101 Å². The Kier molecular flexibility index (Phi) is 3.29. The van der Waals surface area contributed by atoms with Crippen LogP contribution in [-0.4, -0.2) is 42.2 Å². The van der Waals surface area contributed by atoms with Gasteiger partial charge in [-0.25, -0.2) is 9.97 Å². The van der Waals surface area contributed by atoms with Gasteiger partial charge in [-0.15, -0.1) is 0 Å². The van der Waals surface area contributed by atoms with Crippen molar-refractivity contribution in [3.05, 3.63) is 17.2 Å². The summed E-state index contributed by atoms with van der Waals surface area (Å²) in [7, 11) is 0. The fraction of sp³-hybridized carbons (Fsp3) is 0.375. The van der Waals surface area contributed by atoms with Crippen molar-refractivity contribution in [2.75, 3.05) is 5.75 Å². The van der Waals surface area contributed by atoms with Crippen LogP contribution in [0.1, 0.15) is 11.8 Å². The van der Waals surface area contributed by atoms with Gasteiger partial charge in [0, 0.05) is 5.75 Å². The van der Waals surface area contributed by atoms with Crippen LogP contribution in [0.2, 0.25) is 5.15 Å². The van der Waals surface area contributed by atoms with E-state index in [9.17, 15) is 10.2 Å². The van der Waals surface area contributed by atoms with Gasteiger partial charge < -0.3 is 10.2 Å². The molecular formula is C8H9ClN4O2S. The third-order valence-corrected chi connectivity index (χ3v) is 2.84. The number of rotatable bonds is 3. The summed E-state index contributed by atoms with van der Waals surface area (Å²) in [6.07, 6.45) is -0.884. The zero-order chi connectivity index (χ0) is 11.7. The van der Waals surface area contributed by atoms with Crippen molar-refractivity contribution in [3.63, 3.8) is 0 Å². The maximum Gasteiger partial charge on any atom is 0.185 e. The van der Waals surface area contributed by atoms with Crippen molar-refractivity contribution in [1.29, 1.82) is 0 Å². The summed E-state index contributed by atoms with van der Waals surface area (Å²) in [5, 5.41) is 26.4. The average molecular weight is 261 g/mol. The quantitative estimate of drug-likeness (QED) is 0.471. The summed E-state index contributed by atoms with van der Waals surface area (Å²) in [5.74, 6) is 0.118. The molecule has 86 valence electrons. The zero-order valence-electron chi connectivity index (χ0n) is 8.00. The Morgan fingerprint density at radius 1 is 1.44 bits per heavy atom. The molecule has 2 unspecified atom stereocenters. The van der Waals surface area contributed by atoms with Crippen LogP contribution in [0.5, 0.6) is 0 Å². The highest BCUT2D eigenvalue weighted by molar-refractivity contribution is 7.80. The third kappa shape index (κ3) is 1.86. The first-order chi connectivity index (χ1) is 7.65. The van der Waals surface area contributed by atoms with Gasteiger partial charge in [-0.2, -0.15) is 17.7 Å². The number of aromatic amines is 1. The van der Waals surface area contributed by atoms with Crippen LogP contribution in [-0.2, 0) is 0 Å². The van der Waals surface area contributed by atoms with E-state index in [0.717, 1.165) is 0 Å². The summed E-state index contributed by atoms with van der Waals surface area (Å²) in [6.45, 7) is 0. The predicted molar refractivity (Wildman–Crippen MR) is 61.5 cm³/mol. The van der Waals surface area contributed by atoms with E-state index in [1.54, 1.807) is 0 Å². The topological polar surface area (TPSA) is 94.9 Å². The second-order valence-corrected chi connectivity index (χ2v) is 3.92. The monoisotopic (exact) mass is 260 g/mol. The summed E-state index contributed by atoms with van der Waals surface area (Å²) in [5.41, 5.74) is 0.641. The molecule has 0 spiro atoms. The molecule has 8 heteroatoms. The van der Waals surface area contributed by atoms with E-state index in [1.807, 2.05) is 0 Å². The molecule has 0 saturated heterocycles. The third-order valence-electron chi connectivity index (χ3n) is 2.18. The Morgan fingerprint density at radius 2 is 2.19 bits per heavy atom. The number of aromatic nitrogens is 4. The van der Waals surface area contributed by atoms with Crippen LogP contribution < -0.4 is 0 Å². The normalized spacial score (nSPS) is 15.2. The fourth-order valence-electron chi connectivity index (χ4n) is 1.35. The molecule has 0 aliphatic carbocycles. The minimum absolute atomic E-state index is 0.118. The van der Waals surface area contributed by atoms with Gasteiger partial charge >= 0.3 is 0 Å². The fourth-order valence-corrected chi connectivity index (χ4v) is 1.78. The molecule has 6 nitrogen and oxygen atoms in total. The molecule has 2 aromatic heterocycles. The smallest absolute Gasteiger partial charge is 0.185 e. The first kappa shape index (κ1) is 11.6. The van der Waals surface area contributed by atoms with E-state index in [1.165, 1.54) is 6.33 Å². The van der Waals surface area contributed by atoms with E-state index in [0.29, 0.717) is 16.7 Å². The van der Waals surface area contributed by atoms with E-state index >= 15 is 0 Å². The van der Waals surface area contributed by atoms with E-state index < -0.39 is 12.2 Å². The van der Waals surface area contributed by atoms with Gasteiger partial charge in [-0.05, 0) is 0 Å². The van der Waals surface area contributed by atoms with Gasteiger partial charge in [0.05, 0.1) is 17.2 Å². The minimum Gasteiger partial charge on any atom is -0.389 e. The molecule has 0 fully saturated rings. The van der Waals surface area contributed by atoms with Crippen molar-refractivity contribution in [1.82, 2.24) is 20.2 Å². The number of halogens is 1. The lowest BCUT2D eigenvalue weighted by Crippen LogP contribution is -2.20. The van der Waals surface area contributed by atoms with Gasteiger partial charge in [0.25, 0.3) is 0 Å². The summed E-state index contributed by atoms with van der Waals surface area (Å²) in [4.78, 5) is 7.67. The lowest BCUT2D eigenvalue weighted by molar-refractivity contribution is 0.0319. The Hall–Kier alpha value is -0.890. The number of aliphatic hydroxyl groups excluding tert-OH is 2. The Bertz CT molecular complexity index is 506. The highest BCUT2D eigenvalue weighted by Gasteiger charge is 2.23. The molecule has 0 aliphatic heterocycles. The van der Waals surface area contributed by atoms with Gasteiger partial charge in [0.15, 0.2) is 5.65 Å². The molecule has 0 aromatic carbocycles. The number of H-pyrrole nitrogens is 1. The molecule has 0 aliphatic rings. The number of nitrogens with zero attached hydrogens (tertiary/aromatic N) is 3. The number of hydrogen-bond donors (Lipinski definition) is 4. The van der Waals surface area contributed by atoms with E-state index in [4.69, 9.17) is 11.6 Å². The molecular weight excluding hydrogens is 252 g/mol. The molecule has 2 rings (SSSR count). The number of fused-ring (bicyclic) bond motifs is 1. The van der Waals surface area contributed by atoms with Crippen molar-refractivity contribution >= 4 is 35.3 Å². The van der Waals surface area contributed by atoms with Crippen LogP contribution in [0.3, 0.4) is 0 Å². The molecule has 3 N–H and O–H groups in total. The van der Waals surface area contributed by atoms with Gasteiger partial charge in [-0.1, -0.05) is 11.6 Å². The molecule has 2 atom stereocenters. The molecule has 0 bridgehead atoms. The summed E-state index contributed by atoms with van der Waals surface area (Å²) < 4.78 is 0. The van der Waals surface area contributed by atoms with Crippen molar-refractivity contribution < 1.29 is 10.2 Å². The number of thiol groups is 1. The first-order valence-corrected chi connectivity index (χ1v) is 5.47. The van der Waals surface area contributed by atoms with Crippen LogP contribution in [0.15, 0.2) is 6.33 Å². The Balaban J connectivity index is 2.53. The predicted octanol–water partition coefficient (Wildman–Crippen LogP) is 0.330. The molecule has 16 heavy (non-hydrogen) atoms. The number of hydrogen-bond acceptors (Lipinski definition) is 6. The maximum atomic E-state index is 9.82. The number of aliphatic hydroxyl groups is 2. The zero-order valence-corrected chi connectivity index (χ0v) is 9.65. The summed E-state index contributed by atoms with van der Waals surface area (Å²) in [6, 6.07) is 0. The molecule has 2 heterocycles. The van der Waals surface area contributed by atoms with E-state index in [-0.39, 0.29) is 10.9 Å². The highest BCUT2D eigenvalue weighted by Crippen LogP contribution is 2.27. The van der Waals surface area contributed by atoms with Crippen LogP contribution in [0, 0.1) is 0 Å². The Morgan fingerprint density at radius 3 is 2.88 bits per heavy atom.